The van der Waals surface area contributed by atoms with E-state index < -0.39 is 0 Å². The number of hydrogen-bond donors (Lipinski definition) is 2. The first-order chi connectivity index (χ1) is 8.69. The van der Waals surface area contributed by atoms with Crippen molar-refractivity contribution >= 4 is 11.6 Å². The Balaban J connectivity index is 2.62. The second-order valence-electron chi connectivity index (χ2n) is 4.45. The molecule has 0 heterocycles. The van der Waals surface area contributed by atoms with Crippen LogP contribution in [-0.4, -0.2) is 43.3 Å². The van der Waals surface area contributed by atoms with Crippen molar-refractivity contribution in [2.75, 3.05) is 33.3 Å². The number of rotatable bonds is 8. The summed E-state index contributed by atoms with van der Waals surface area (Å²) in [6.45, 7) is 4.86. The largest absolute Gasteiger partial charge is 0.395 e. The molecular weight excluding hydrogens is 248 g/mol. The smallest absolute Gasteiger partial charge is 0.0558 e. The molecule has 0 aromatic heterocycles. The summed E-state index contributed by atoms with van der Waals surface area (Å²) in [5, 5.41) is 13.2. The maximum atomic E-state index is 8.89. The second-order valence-corrected chi connectivity index (χ2v) is 4.85. The monoisotopic (exact) mass is 270 g/mol. The van der Waals surface area contributed by atoms with Crippen molar-refractivity contribution in [1.29, 1.82) is 0 Å². The summed E-state index contributed by atoms with van der Waals surface area (Å²) in [5.74, 6) is 0. The van der Waals surface area contributed by atoms with Gasteiger partial charge in [0.15, 0.2) is 0 Å². The average Bonchev–Trinajstić information content (AvgIpc) is 2.36. The maximum Gasteiger partial charge on any atom is 0.0558 e. The molecule has 18 heavy (non-hydrogen) atoms. The van der Waals surface area contributed by atoms with Crippen molar-refractivity contribution in [3.8, 4) is 0 Å². The number of likely N-dealkylation sites (N-methyl/N-ethyl adjacent to an activating group) is 1. The Morgan fingerprint density at radius 1 is 1.33 bits per heavy atom. The fourth-order valence-electron chi connectivity index (χ4n) is 2.00. The molecule has 1 atom stereocenters. The van der Waals surface area contributed by atoms with Crippen LogP contribution in [0.5, 0.6) is 0 Å². The van der Waals surface area contributed by atoms with E-state index in [-0.39, 0.29) is 12.6 Å². The molecule has 0 aliphatic carbocycles. The highest BCUT2D eigenvalue weighted by Crippen LogP contribution is 2.25. The molecule has 1 aromatic carbocycles. The van der Waals surface area contributed by atoms with Gasteiger partial charge in [-0.3, -0.25) is 0 Å². The van der Waals surface area contributed by atoms with E-state index in [1.807, 2.05) is 25.2 Å². The molecule has 2 N–H and O–H groups in total. The first-order valence-electron chi connectivity index (χ1n) is 6.46. The second kappa shape index (κ2) is 8.48. The zero-order valence-corrected chi connectivity index (χ0v) is 12.0. The van der Waals surface area contributed by atoms with Crippen LogP contribution >= 0.6 is 11.6 Å². The van der Waals surface area contributed by atoms with Crippen molar-refractivity contribution in [2.45, 2.75) is 19.4 Å². The van der Waals surface area contributed by atoms with E-state index in [1.54, 1.807) is 0 Å². The van der Waals surface area contributed by atoms with Crippen LogP contribution < -0.4 is 5.32 Å². The van der Waals surface area contributed by atoms with Gasteiger partial charge in [-0.2, -0.15) is 0 Å². The molecule has 0 bridgehead atoms. The van der Waals surface area contributed by atoms with Gasteiger partial charge in [0.05, 0.1) is 6.61 Å². The summed E-state index contributed by atoms with van der Waals surface area (Å²) in [6.07, 6.45) is 0.980. The fraction of sp³-hybridized carbons (Fsp3) is 0.571. The molecular formula is C14H23ClN2O. The van der Waals surface area contributed by atoms with Crippen LogP contribution in [0.15, 0.2) is 24.3 Å². The summed E-state index contributed by atoms with van der Waals surface area (Å²) in [7, 11) is 2.02. The lowest BCUT2D eigenvalue weighted by atomic mass is 10.0. The Bertz CT molecular complexity index is 346. The van der Waals surface area contributed by atoms with E-state index in [0.29, 0.717) is 6.54 Å². The predicted octanol–water partition coefficient (Wildman–Crippen LogP) is 2.30. The van der Waals surface area contributed by atoms with Crippen LogP contribution in [-0.2, 0) is 0 Å². The zero-order valence-electron chi connectivity index (χ0n) is 11.2. The Hall–Kier alpha value is -0.610. The lowest BCUT2D eigenvalue weighted by molar-refractivity contribution is 0.215. The molecule has 0 aliphatic rings. The Labute approximate surface area is 115 Å². The van der Waals surface area contributed by atoms with Gasteiger partial charge in [0.1, 0.15) is 0 Å². The van der Waals surface area contributed by atoms with Crippen LogP contribution in [0.4, 0.5) is 0 Å². The summed E-state index contributed by atoms with van der Waals surface area (Å²) in [4.78, 5) is 2.13. The van der Waals surface area contributed by atoms with E-state index in [4.69, 9.17) is 16.7 Å². The summed E-state index contributed by atoms with van der Waals surface area (Å²) < 4.78 is 0. The van der Waals surface area contributed by atoms with Crippen molar-refractivity contribution in [1.82, 2.24) is 10.2 Å². The number of halogens is 1. The number of aliphatic hydroxyl groups is 1. The molecule has 0 spiro atoms. The van der Waals surface area contributed by atoms with E-state index in [2.05, 4.69) is 23.2 Å². The highest BCUT2D eigenvalue weighted by atomic mass is 35.5. The minimum absolute atomic E-state index is 0.203. The van der Waals surface area contributed by atoms with Crippen LogP contribution in [0.1, 0.15) is 24.9 Å². The summed E-state index contributed by atoms with van der Waals surface area (Å²) in [5.41, 5.74) is 1.15. The van der Waals surface area contributed by atoms with Gasteiger partial charge in [0.25, 0.3) is 0 Å². The SMILES string of the molecule is CCNC(CCN(C)CCO)c1ccccc1Cl. The molecule has 1 aromatic rings. The highest BCUT2D eigenvalue weighted by molar-refractivity contribution is 6.31. The number of benzene rings is 1. The molecule has 0 aliphatic heterocycles. The molecule has 0 saturated heterocycles. The lowest BCUT2D eigenvalue weighted by Gasteiger charge is -2.23. The zero-order chi connectivity index (χ0) is 13.4. The van der Waals surface area contributed by atoms with Crippen LogP contribution in [0, 0.1) is 0 Å². The van der Waals surface area contributed by atoms with Gasteiger partial charge in [-0.15, -0.1) is 0 Å². The Morgan fingerprint density at radius 2 is 2.06 bits per heavy atom. The Morgan fingerprint density at radius 3 is 2.67 bits per heavy atom. The number of nitrogens with zero attached hydrogens (tertiary/aromatic N) is 1. The van der Waals surface area contributed by atoms with Crippen LogP contribution in [0.25, 0.3) is 0 Å². The van der Waals surface area contributed by atoms with Crippen LogP contribution in [0.2, 0.25) is 5.02 Å². The van der Waals surface area contributed by atoms with Gasteiger partial charge in [-0.1, -0.05) is 36.7 Å². The number of hydrogen-bond acceptors (Lipinski definition) is 3. The molecule has 1 rings (SSSR count). The van der Waals surface area contributed by atoms with Crippen molar-refractivity contribution in [3.63, 3.8) is 0 Å². The van der Waals surface area contributed by atoms with E-state index >= 15 is 0 Å². The third-order valence-electron chi connectivity index (χ3n) is 3.01. The highest BCUT2D eigenvalue weighted by Gasteiger charge is 2.13. The van der Waals surface area contributed by atoms with E-state index in [9.17, 15) is 0 Å². The third-order valence-corrected chi connectivity index (χ3v) is 3.36. The van der Waals surface area contributed by atoms with Crippen molar-refractivity contribution in [2.24, 2.45) is 0 Å². The number of nitrogens with one attached hydrogen (secondary N) is 1. The quantitative estimate of drug-likeness (QED) is 0.761. The average molecular weight is 271 g/mol. The molecule has 4 heteroatoms. The number of aliphatic hydroxyl groups excluding tert-OH is 1. The van der Waals surface area contributed by atoms with Gasteiger partial charge in [0, 0.05) is 17.6 Å². The van der Waals surface area contributed by atoms with Gasteiger partial charge in [-0.05, 0) is 38.2 Å². The van der Waals surface area contributed by atoms with Gasteiger partial charge >= 0.3 is 0 Å². The molecule has 0 radical (unpaired) electrons. The van der Waals surface area contributed by atoms with Gasteiger partial charge < -0.3 is 15.3 Å². The lowest BCUT2D eigenvalue weighted by Crippen LogP contribution is -2.29. The normalized spacial score (nSPS) is 12.9. The van der Waals surface area contributed by atoms with Crippen molar-refractivity contribution < 1.29 is 5.11 Å². The molecule has 3 nitrogen and oxygen atoms in total. The van der Waals surface area contributed by atoms with Gasteiger partial charge in [0.2, 0.25) is 0 Å². The Kier molecular flexibility index (Phi) is 7.28. The summed E-state index contributed by atoms with van der Waals surface area (Å²) >= 11 is 6.24. The third kappa shape index (κ3) is 4.94. The summed E-state index contributed by atoms with van der Waals surface area (Å²) in [6, 6.07) is 8.24. The molecule has 1 unspecified atom stereocenters. The van der Waals surface area contributed by atoms with Crippen molar-refractivity contribution in [3.05, 3.63) is 34.9 Å². The first-order valence-corrected chi connectivity index (χ1v) is 6.84. The van der Waals surface area contributed by atoms with E-state index in [0.717, 1.165) is 30.1 Å². The van der Waals surface area contributed by atoms with Gasteiger partial charge in [-0.25, -0.2) is 0 Å². The topological polar surface area (TPSA) is 35.5 Å². The standard InChI is InChI=1S/C14H23ClN2O/c1-3-16-14(8-9-17(2)10-11-18)12-6-4-5-7-13(12)15/h4-7,14,16,18H,3,8-11H2,1-2H3. The molecule has 0 saturated carbocycles. The minimum Gasteiger partial charge on any atom is -0.395 e. The molecule has 0 amide bonds. The van der Waals surface area contributed by atoms with Crippen LogP contribution in [0.3, 0.4) is 0 Å². The maximum absolute atomic E-state index is 8.89. The van der Waals surface area contributed by atoms with E-state index in [1.165, 1.54) is 0 Å². The first kappa shape index (κ1) is 15.4. The fourth-order valence-corrected chi connectivity index (χ4v) is 2.27. The molecule has 0 fully saturated rings. The minimum atomic E-state index is 0.203. The predicted molar refractivity (Wildman–Crippen MR) is 77.1 cm³/mol. The molecule has 102 valence electrons.